The Morgan fingerprint density at radius 3 is 2.85 bits per heavy atom. The number of nitrogens with zero attached hydrogens (tertiary/aromatic N) is 4. The minimum absolute atomic E-state index is 0.00473. The predicted octanol–water partition coefficient (Wildman–Crippen LogP) is 1.42. The lowest BCUT2D eigenvalue weighted by molar-refractivity contribution is -0.121. The van der Waals surface area contributed by atoms with E-state index in [0.29, 0.717) is 30.1 Å². The molecule has 140 valence electrons. The number of anilines is 2. The van der Waals surface area contributed by atoms with Gasteiger partial charge in [0.1, 0.15) is 11.6 Å². The molecule has 3 saturated heterocycles. The highest BCUT2D eigenvalue weighted by atomic mass is 16.7. The summed E-state index contributed by atoms with van der Waals surface area (Å²) in [5.74, 6) is 3.14. The molecule has 0 saturated carbocycles. The minimum Gasteiger partial charge on any atom is -0.454 e. The molecule has 0 spiro atoms. The molecule has 8 nitrogen and oxygen atoms in total. The number of amides is 1. The summed E-state index contributed by atoms with van der Waals surface area (Å²) in [6.07, 6.45) is 2.94. The molecule has 2 bridgehead atoms. The predicted molar refractivity (Wildman–Crippen MR) is 99.1 cm³/mol. The van der Waals surface area contributed by atoms with Gasteiger partial charge in [0.25, 0.3) is 0 Å². The fourth-order valence-electron chi connectivity index (χ4n) is 4.09. The van der Waals surface area contributed by atoms with Crippen LogP contribution in [0.1, 0.15) is 12.2 Å². The van der Waals surface area contributed by atoms with E-state index in [1.807, 2.05) is 25.1 Å². The molecule has 0 aliphatic carbocycles. The van der Waals surface area contributed by atoms with Crippen molar-refractivity contribution in [3.63, 3.8) is 0 Å². The third-order valence-electron chi connectivity index (χ3n) is 5.41. The molecule has 8 heteroatoms. The average molecular weight is 367 g/mol. The standard InChI is InChI=1S/C19H21N5O3/c1-12-20-5-4-18(21-12)23-8-14-7-15(9-23)24(14)10-19(25)22-13-2-3-16-17(6-13)27-11-26-16/h2-6,14-15H,7-11H2,1H3,(H,22,25). The second-order valence-electron chi connectivity index (χ2n) is 7.20. The molecular weight excluding hydrogens is 346 g/mol. The Balaban J connectivity index is 1.19. The van der Waals surface area contributed by atoms with Crippen LogP contribution in [0.15, 0.2) is 30.5 Å². The number of hydrogen-bond acceptors (Lipinski definition) is 7. The van der Waals surface area contributed by atoms with E-state index in [1.165, 1.54) is 0 Å². The van der Waals surface area contributed by atoms with Gasteiger partial charge < -0.3 is 19.7 Å². The summed E-state index contributed by atoms with van der Waals surface area (Å²) in [7, 11) is 0. The molecule has 1 aromatic carbocycles. The van der Waals surface area contributed by atoms with Gasteiger partial charge in [-0.2, -0.15) is 0 Å². The van der Waals surface area contributed by atoms with Crippen molar-refractivity contribution in [2.75, 3.05) is 36.6 Å². The normalized spacial score (nSPS) is 23.1. The van der Waals surface area contributed by atoms with Gasteiger partial charge in [-0.15, -0.1) is 0 Å². The van der Waals surface area contributed by atoms with Crippen LogP contribution in [0.25, 0.3) is 0 Å². The smallest absolute Gasteiger partial charge is 0.238 e. The molecule has 27 heavy (non-hydrogen) atoms. The summed E-state index contributed by atoms with van der Waals surface area (Å²) < 4.78 is 10.7. The van der Waals surface area contributed by atoms with Crippen molar-refractivity contribution in [1.29, 1.82) is 0 Å². The molecule has 2 aromatic rings. The van der Waals surface area contributed by atoms with Crippen LogP contribution in [0.2, 0.25) is 0 Å². The lowest BCUT2D eigenvalue weighted by Gasteiger charge is -2.56. The maximum atomic E-state index is 12.5. The maximum Gasteiger partial charge on any atom is 0.238 e. The molecule has 1 N–H and O–H groups in total. The third-order valence-corrected chi connectivity index (χ3v) is 5.41. The number of piperidine rings is 1. The quantitative estimate of drug-likeness (QED) is 0.875. The van der Waals surface area contributed by atoms with E-state index in [-0.39, 0.29) is 12.7 Å². The van der Waals surface area contributed by atoms with E-state index in [1.54, 1.807) is 12.3 Å². The molecular formula is C19H21N5O3. The first-order valence-corrected chi connectivity index (χ1v) is 9.15. The fourth-order valence-corrected chi connectivity index (χ4v) is 4.09. The lowest BCUT2D eigenvalue weighted by Crippen LogP contribution is -2.69. The number of fused-ring (bicyclic) bond motifs is 3. The van der Waals surface area contributed by atoms with E-state index >= 15 is 0 Å². The van der Waals surface area contributed by atoms with Crippen molar-refractivity contribution in [2.24, 2.45) is 0 Å². The van der Waals surface area contributed by atoms with Gasteiger partial charge in [-0.1, -0.05) is 0 Å². The van der Waals surface area contributed by atoms with Crippen LogP contribution in [0.4, 0.5) is 11.5 Å². The number of rotatable bonds is 4. The second-order valence-corrected chi connectivity index (χ2v) is 7.20. The van der Waals surface area contributed by atoms with Crippen LogP contribution in [-0.2, 0) is 4.79 Å². The highest BCUT2D eigenvalue weighted by Crippen LogP contribution is 2.35. The van der Waals surface area contributed by atoms with Gasteiger partial charge in [0.2, 0.25) is 12.7 Å². The summed E-state index contributed by atoms with van der Waals surface area (Å²) in [6.45, 7) is 4.32. The first-order chi connectivity index (χ1) is 13.2. The zero-order valence-corrected chi connectivity index (χ0v) is 15.1. The monoisotopic (exact) mass is 367 g/mol. The number of carbonyl (C=O) groups is 1. The van der Waals surface area contributed by atoms with Crippen molar-refractivity contribution < 1.29 is 14.3 Å². The van der Waals surface area contributed by atoms with Crippen molar-refractivity contribution in [3.05, 3.63) is 36.3 Å². The molecule has 4 aliphatic rings. The number of benzene rings is 1. The number of piperazine rings is 1. The number of carbonyl (C=O) groups excluding carboxylic acids is 1. The number of nitrogens with one attached hydrogen (secondary N) is 1. The van der Waals surface area contributed by atoms with Gasteiger partial charge in [-0.3, -0.25) is 9.69 Å². The van der Waals surface area contributed by atoms with E-state index in [2.05, 4.69) is 25.1 Å². The molecule has 3 fully saturated rings. The molecule has 4 aliphatic heterocycles. The molecule has 5 heterocycles. The van der Waals surface area contributed by atoms with Crippen LogP contribution < -0.4 is 19.7 Å². The van der Waals surface area contributed by atoms with Crippen LogP contribution in [0, 0.1) is 6.92 Å². The van der Waals surface area contributed by atoms with Crippen molar-refractivity contribution in [2.45, 2.75) is 25.4 Å². The topological polar surface area (TPSA) is 79.8 Å². The third kappa shape index (κ3) is 3.06. The zero-order valence-electron chi connectivity index (χ0n) is 15.1. The minimum atomic E-state index is -0.00473. The van der Waals surface area contributed by atoms with Crippen LogP contribution in [0.5, 0.6) is 11.5 Å². The highest BCUT2D eigenvalue weighted by Gasteiger charge is 2.45. The lowest BCUT2D eigenvalue weighted by atomic mass is 9.87. The van der Waals surface area contributed by atoms with Gasteiger partial charge in [-0.25, -0.2) is 9.97 Å². The summed E-state index contributed by atoms with van der Waals surface area (Å²) in [5.41, 5.74) is 0.730. The summed E-state index contributed by atoms with van der Waals surface area (Å²) in [6, 6.07) is 8.19. The van der Waals surface area contributed by atoms with E-state index < -0.39 is 0 Å². The zero-order chi connectivity index (χ0) is 18.4. The first-order valence-electron chi connectivity index (χ1n) is 9.15. The van der Waals surface area contributed by atoms with Crippen molar-refractivity contribution >= 4 is 17.4 Å². The summed E-state index contributed by atoms with van der Waals surface area (Å²) in [5, 5.41) is 2.96. The van der Waals surface area contributed by atoms with Crippen LogP contribution in [-0.4, -0.2) is 59.3 Å². The largest absolute Gasteiger partial charge is 0.454 e. The van der Waals surface area contributed by atoms with Crippen molar-refractivity contribution in [3.8, 4) is 11.5 Å². The van der Waals surface area contributed by atoms with E-state index in [0.717, 1.165) is 36.8 Å². The molecule has 6 rings (SSSR count). The Morgan fingerprint density at radius 1 is 1.22 bits per heavy atom. The Kier molecular flexibility index (Phi) is 3.86. The van der Waals surface area contributed by atoms with E-state index in [9.17, 15) is 4.79 Å². The second kappa shape index (κ2) is 6.38. The SMILES string of the molecule is Cc1nccc(N2CC3CC(C2)N3CC(=O)Nc2ccc3c(c2)OCO3)n1. The number of aromatic nitrogens is 2. The number of hydrogen-bond donors (Lipinski definition) is 1. The van der Waals surface area contributed by atoms with Crippen LogP contribution >= 0.6 is 0 Å². The fraction of sp³-hybridized carbons (Fsp3) is 0.421. The number of ether oxygens (including phenoxy) is 2. The van der Waals surface area contributed by atoms with Gasteiger partial charge in [0, 0.05) is 43.1 Å². The molecule has 2 unspecified atom stereocenters. The molecule has 1 aromatic heterocycles. The number of aryl methyl sites for hydroxylation is 1. The Labute approximate surface area is 157 Å². The Morgan fingerprint density at radius 2 is 2.04 bits per heavy atom. The molecule has 0 radical (unpaired) electrons. The van der Waals surface area contributed by atoms with Crippen molar-refractivity contribution in [1.82, 2.24) is 14.9 Å². The maximum absolute atomic E-state index is 12.5. The van der Waals surface area contributed by atoms with Crippen LogP contribution in [0.3, 0.4) is 0 Å². The Bertz CT molecular complexity index is 877. The molecule has 1 amide bonds. The van der Waals surface area contributed by atoms with E-state index in [4.69, 9.17) is 9.47 Å². The molecule has 2 atom stereocenters. The average Bonchev–Trinajstić information content (AvgIpc) is 3.14. The van der Waals surface area contributed by atoms with Gasteiger partial charge in [-0.05, 0) is 31.5 Å². The van der Waals surface area contributed by atoms with Gasteiger partial charge in [0.15, 0.2) is 11.5 Å². The van der Waals surface area contributed by atoms with Gasteiger partial charge in [0.05, 0.1) is 6.54 Å². The highest BCUT2D eigenvalue weighted by molar-refractivity contribution is 5.92. The summed E-state index contributed by atoms with van der Waals surface area (Å²) in [4.78, 5) is 25.7. The summed E-state index contributed by atoms with van der Waals surface area (Å²) >= 11 is 0. The first kappa shape index (κ1) is 16.3. The van der Waals surface area contributed by atoms with Gasteiger partial charge >= 0.3 is 0 Å². The Hall–Kier alpha value is -2.87.